The van der Waals surface area contributed by atoms with Gasteiger partial charge in [-0.3, -0.25) is 9.48 Å². The number of carbonyl (C=O) groups excluding carboxylic acids is 1. The molecule has 0 bridgehead atoms. The van der Waals surface area contributed by atoms with Gasteiger partial charge in [0.05, 0.1) is 31.6 Å². The molecular formula is C17H23N3O3. The first-order chi connectivity index (χ1) is 10.9. The van der Waals surface area contributed by atoms with Gasteiger partial charge in [0.2, 0.25) is 5.91 Å². The average molecular weight is 317 g/mol. The summed E-state index contributed by atoms with van der Waals surface area (Å²) in [7, 11) is 3.15. The Morgan fingerprint density at radius 2 is 2.00 bits per heavy atom. The van der Waals surface area contributed by atoms with E-state index >= 15 is 0 Å². The molecule has 1 heterocycles. The number of benzene rings is 1. The first-order valence-electron chi connectivity index (χ1n) is 7.49. The van der Waals surface area contributed by atoms with Gasteiger partial charge in [0.15, 0.2) is 0 Å². The van der Waals surface area contributed by atoms with E-state index in [1.807, 2.05) is 31.5 Å². The second kappa shape index (κ2) is 7.17. The van der Waals surface area contributed by atoms with E-state index in [-0.39, 0.29) is 11.9 Å². The van der Waals surface area contributed by atoms with Crippen molar-refractivity contribution in [1.29, 1.82) is 0 Å². The molecule has 1 atom stereocenters. The van der Waals surface area contributed by atoms with E-state index in [1.54, 1.807) is 32.4 Å². The summed E-state index contributed by atoms with van der Waals surface area (Å²) in [5.74, 6) is 1.15. The molecule has 23 heavy (non-hydrogen) atoms. The monoisotopic (exact) mass is 317 g/mol. The predicted molar refractivity (Wildman–Crippen MR) is 89.2 cm³/mol. The minimum atomic E-state index is -0.100. The molecule has 0 aliphatic heterocycles. The number of aryl methyl sites for hydroxylation is 2. The van der Waals surface area contributed by atoms with E-state index in [4.69, 9.17) is 9.47 Å². The number of rotatable bonds is 6. The Bertz CT molecular complexity index is 694. The summed E-state index contributed by atoms with van der Waals surface area (Å²) in [5.41, 5.74) is 2.59. The molecule has 0 radical (unpaired) electrons. The number of anilines is 1. The Labute approximate surface area is 136 Å². The highest BCUT2D eigenvalue weighted by Gasteiger charge is 2.15. The van der Waals surface area contributed by atoms with Crippen molar-refractivity contribution in [3.8, 4) is 11.5 Å². The summed E-state index contributed by atoms with van der Waals surface area (Å²) in [6, 6.07) is 7.26. The van der Waals surface area contributed by atoms with Crippen molar-refractivity contribution in [3.05, 3.63) is 35.7 Å². The van der Waals surface area contributed by atoms with Gasteiger partial charge in [-0.25, -0.2) is 0 Å². The zero-order valence-corrected chi connectivity index (χ0v) is 14.2. The van der Waals surface area contributed by atoms with Crippen LogP contribution < -0.4 is 14.8 Å². The molecule has 0 aliphatic carbocycles. The molecule has 0 spiro atoms. The van der Waals surface area contributed by atoms with Gasteiger partial charge in [-0.1, -0.05) is 0 Å². The van der Waals surface area contributed by atoms with Crippen LogP contribution in [0.2, 0.25) is 0 Å². The highest BCUT2D eigenvalue weighted by atomic mass is 16.5. The molecule has 6 nitrogen and oxygen atoms in total. The van der Waals surface area contributed by atoms with Gasteiger partial charge in [0, 0.05) is 18.2 Å². The zero-order valence-electron chi connectivity index (χ0n) is 14.2. The molecule has 124 valence electrons. The zero-order chi connectivity index (χ0) is 17.0. The third kappa shape index (κ3) is 4.03. The highest BCUT2D eigenvalue weighted by Crippen LogP contribution is 2.29. The molecule has 1 N–H and O–H groups in total. The largest absolute Gasteiger partial charge is 0.497 e. The number of hydrogen-bond acceptors (Lipinski definition) is 4. The lowest BCUT2D eigenvalue weighted by Crippen LogP contribution is -2.19. The fraction of sp³-hybridized carbons (Fsp3) is 0.412. The molecule has 1 aromatic heterocycles. The number of aromatic nitrogens is 2. The lowest BCUT2D eigenvalue weighted by Gasteiger charge is -2.16. The van der Waals surface area contributed by atoms with Crippen LogP contribution in [-0.4, -0.2) is 29.9 Å². The van der Waals surface area contributed by atoms with Gasteiger partial charge in [0.25, 0.3) is 0 Å². The third-order valence-corrected chi connectivity index (χ3v) is 3.62. The summed E-state index contributed by atoms with van der Waals surface area (Å²) in [5, 5.41) is 7.30. The van der Waals surface area contributed by atoms with Crippen LogP contribution in [-0.2, 0) is 4.79 Å². The molecule has 0 saturated carbocycles. The second-order valence-corrected chi connectivity index (χ2v) is 5.54. The molecule has 6 heteroatoms. The molecule has 2 rings (SSSR count). The van der Waals surface area contributed by atoms with Gasteiger partial charge in [0.1, 0.15) is 11.5 Å². The molecule has 1 amide bonds. The van der Waals surface area contributed by atoms with E-state index in [9.17, 15) is 4.79 Å². The number of hydrogen-bond donors (Lipinski definition) is 1. The van der Waals surface area contributed by atoms with Crippen molar-refractivity contribution in [3.63, 3.8) is 0 Å². The maximum Gasteiger partial charge on any atom is 0.226 e. The first kappa shape index (κ1) is 16.9. The average Bonchev–Trinajstić information content (AvgIpc) is 2.85. The van der Waals surface area contributed by atoms with E-state index < -0.39 is 0 Å². The number of nitrogens with one attached hydrogen (secondary N) is 1. The lowest BCUT2D eigenvalue weighted by atomic mass is 10.2. The minimum Gasteiger partial charge on any atom is -0.497 e. The summed E-state index contributed by atoms with van der Waals surface area (Å²) >= 11 is 0. The summed E-state index contributed by atoms with van der Waals surface area (Å²) < 4.78 is 12.3. The Morgan fingerprint density at radius 1 is 1.26 bits per heavy atom. The number of ether oxygens (including phenoxy) is 2. The van der Waals surface area contributed by atoms with Gasteiger partial charge < -0.3 is 14.8 Å². The quantitative estimate of drug-likeness (QED) is 0.889. The lowest BCUT2D eigenvalue weighted by molar-refractivity contribution is -0.116. The number of carbonyl (C=O) groups is 1. The van der Waals surface area contributed by atoms with Crippen LogP contribution in [0.4, 0.5) is 5.69 Å². The van der Waals surface area contributed by atoms with E-state index in [0.29, 0.717) is 23.6 Å². The van der Waals surface area contributed by atoms with Crippen molar-refractivity contribution in [1.82, 2.24) is 9.78 Å². The normalized spacial score (nSPS) is 11.9. The van der Waals surface area contributed by atoms with Crippen molar-refractivity contribution < 1.29 is 14.3 Å². The van der Waals surface area contributed by atoms with Gasteiger partial charge >= 0.3 is 0 Å². The van der Waals surface area contributed by atoms with Gasteiger partial charge in [-0.05, 0) is 39.0 Å². The van der Waals surface area contributed by atoms with Crippen LogP contribution in [0.25, 0.3) is 0 Å². The third-order valence-electron chi connectivity index (χ3n) is 3.62. The fourth-order valence-corrected chi connectivity index (χ4v) is 2.56. The van der Waals surface area contributed by atoms with Crippen LogP contribution in [0.1, 0.15) is 30.8 Å². The van der Waals surface area contributed by atoms with Crippen LogP contribution in [0.5, 0.6) is 11.5 Å². The van der Waals surface area contributed by atoms with Crippen molar-refractivity contribution >= 4 is 11.6 Å². The predicted octanol–water partition coefficient (Wildman–Crippen LogP) is 3.11. The van der Waals surface area contributed by atoms with Crippen molar-refractivity contribution in [2.45, 2.75) is 33.2 Å². The Kier molecular flexibility index (Phi) is 5.26. The number of amides is 1. The number of nitrogens with zero attached hydrogens (tertiary/aromatic N) is 2. The number of methoxy groups -OCH3 is 2. The molecule has 0 saturated heterocycles. The van der Waals surface area contributed by atoms with E-state index in [1.165, 1.54) is 0 Å². The first-order valence-corrected chi connectivity index (χ1v) is 7.49. The van der Waals surface area contributed by atoms with Crippen LogP contribution >= 0.6 is 0 Å². The standard InChI is InChI=1S/C17H23N3O3/c1-11-8-12(2)20(19-11)13(3)9-17(21)18-15-10-14(22-4)6-7-16(15)23-5/h6-8,10,13H,9H2,1-5H3,(H,18,21). The molecule has 0 fully saturated rings. The topological polar surface area (TPSA) is 65.4 Å². The molecule has 0 aliphatic rings. The smallest absolute Gasteiger partial charge is 0.226 e. The van der Waals surface area contributed by atoms with Gasteiger partial charge in [-0.15, -0.1) is 0 Å². The summed E-state index contributed by atoms with van der Waals surface area (Å²) in [6.45, 7) is 5.90. The Morgan fingerprint density at radius 3 is 2.57 bits per heavy atom. The van der Waals surface area contributed by atoms with Crippen molar-refractivity contribution in [2.75, 3.05) is 19.5 Å². The Balaban J connectivity index is 2.09. The summed E-state index contributed by atoms with van der Waals surface area (Å²) in [4.78, 5) is 12.3. The van der Waals surface area contributed by atoms with Gasteiger partial charge in [-0.2, -0.15) is 5.10 Å². The second-order valence-electron chi connectivity index (χ2n) is 5.54. The van der Waals surface area contributed by atoms with Crippen LogP contribution in [0.15, 0.2) is 24.3 Å². The minimum absolute atomic E-state index is 0.0275. The SMILES string of the molecule is COc1ccc(OC)c(NC(=O)CC(C)n2nc(C)cc2C)c1. The molecule has 2 aromatic rings. The van der Waals surface area contributed by atoms with Crippen LogP contribution in [0, 0.1) is 13.8 Å². The van der Waals surface area contributed by atoms with E-state index in [2.05, 4.69) is 10.4 Å². The molecular weight excluding hydrogens is 294 g/mol. The van der Waals surface area contributed by atoms with Crippen molar-refractivity contribution in [2.24, 2.45) is 0 Å². The Hall–Kier alpha value is -2.50. The van der Waals surface area contributed by atoms with E-state index in [0.717, 1.165) is 11.4 Å². The van der Waals surface area contributed by atoms with Crippen LogP contribution in [0.3, 0.4) is 0 Å². The summed E-state index contributed by atoms with van der Waals surface area (Å²) in [6.07, 6.45) is 0.322. The highest BCUT2D eigenvalue weighted by molar-refractivity contribution is 5.92. The maximum absolute atomic E-state index is 12.3. The fourth-order valence-electron chi connectivity index (χ4n) is 2.56. The maximum atomic E-state index is 12.3. The molecule has 1 unspecified atom stereocenters. The molecule has 1 aromatic carbocycles.